The molecule has 0 saturated heterocycles. The fourth-order valence-corrected chi connectivity index (χ4v) is 2.49. The van der Waals surface area contributed by atoms with Crippen LogP contribution >= 0.6 is 11.6 Å². The number of aryl methyl sites for hydroxylation is 2. The Balaban J connectivity index is 2.10. The van der Waals surface area contributed by atoms with Gasteiger partial charge in [-0.25, -0.2) is 8.78 Å². The molecule has 6 heteroatoms. The molecule has 0 bridgehead atoms. The Hall–Kier alpha value is -1.46. The molecule has 0 aliphatic carbocycles. The van der Waals surface area contributed by atoms with Crippen molar-refractivity contribution in [2.75, 3.05) is 0 Å². The number of aromatic nitrogens is 2. The van der Waals surface area contributed by atoms with Crippen molar-refractivity contribution in [3.05, 3.63) is 51.8 Å². The summed E-state index contributed by atoms with van der Waals surface area (Å²) in [5, 5.41) is 4.80. The average Bonchev–Trinajstić information content (AvgIpc) is 2.54. The molecule has 0 amide bonds. The van der Waals surface area contributed by atoms with Crippen LogP contribution in [-0.2, 0) is 19.9 Å². The molecule has 20 heavy (non-hydrogen) atoms. The Morgan fingerprint density at radius 2 is 1.85 bits per heavy atom. The summed E-state index contributed by atoms with van der Waals surface area (Å²) in [6.45, 7) is 1.82. The van der Waals surface area contributed by atoms with E-state index in [1.54, 1.807) is 11.7 Å². The Morgan fingerprint density at radius 1 is 1.25 bits per heavy atom. The quantitative estimate of drug-likeness (QED) is 0.943. The molecule has 2 aromatic rings. The summed E-state index contributed by atoms with van der Waals surface area (Å²) in [6.07, 6.45) is 0.865. The first kappa shape index (κ1) is 14.9. The van der Waals surface area contributed by atoms with Gasteiger partial charge >= 0.3 is 0 Å². The fraction of sp³-hybridized carbons (Fsp3) is 0.357. The van der Waals surface area contributed by atoms with Crippen molar-refractivity contribution in [1.82, 2.24) is 9.78 Å². The number of nitrogens with two attached hydrogens (primary N) is 1. The zero-order valence-electron chi connectivity index (χ0n) is 11.3. The molecule has 1 aromatic heterocycles. The minimum Gasteiger partial charge on any atom is -0.327 e. The SMILES string of the molecule is Cc1nn(C)c(CC(N)Cc2cc(F)cc(F)c2)c1Cl. The predicted octanol–water partition coefficient (Wildman–Crippen LogP) is 2.77. The lowest BCUT2D eigenvalue weighted by Crippen LogP contribution is -2.27. The first-order valence-electron chi connectivity index (χ1n) is 6.25. The van der Waals surface area contributed by atoms with E-state index in [1.807, 2.05) is 6.92 Å². The van der Waals surface area contributed by atoms with E-state index in [2.05, 4.69) is 5.10 Å². The van der Waals surface area contributed by atoms with Crippen LogP contribution in [0.1, 0.15) is 17.0 Å². The van der Waals surface area contributed by atoms with Crippen LogP contribution in [0, 0.1) is 18.6 Å². The summed E-state index contributed by atoms with van der Waals surface area (Å²) >= 11 is 6.15. The Morgan fingerprint density at radius 3 is 2.35 bits per heavy atom. The molecule has 0 aliphatic heterocycles. The topological polar surface area (TPSA) is 43.8 Å². The zero-order valence-corrected chi connectivity index (χ0v) is 12.1. The van der Waals surface area contributed by atoms with Gasteiger partial charge in [-0.15, -0.1) is 0 Å². The first-order chi connectivity index (χ1) is 9.36. The minimum atomic E-state index is -0.596. The van der Waals surface area contributed by atoms with Gasteiger partial charge in [-0.2, -0.15) is 5.10 Å². The van der Waals surface area contributed by atoms with Gasteiger partial charge in [0.25, 0.3) is 0 Å². The molecule has 108 valence electrons. The summed E-state index contributed by atoms with van der Waals surface area (Å²) in [7, 11) is 1.79. The van der Waals surface area contributed by atoms with E-state index in [4.69, 9.17) is 17.3 Å². The molecule has 0 aliphatic rings. The van der Waals surface area contributed by atoms with Crippen molar-refractivity contribution >= 4 is 11.6 Å². The van der Waals surface area contributed by atoms with E-state index in [0.29, 0.717) is 23.4 Å². The first-order valence-corrected chi connectivity index (χ1v) is 6.63. The van der Waals surface area contributed by atoms with Crippen molar-refractivity contribution in [3.8, 4) is 0 Å². The maximum absolute atomic E-state index is 13.1. The number of nitrogens with zero attached hydrogens (tertiary/aromatic N) is 2. The standard InChI is InChI=1S/C14H16ClF2N3/c1-8-14(15)13(20(2)19-8)7-12(18)5-9-3-10(16)6-11(17)4-9/h3-4,6,12H,5,7,18H2,1-2H3. The fourth-order valence-electron chi connectivity index (χ4n) is 2.25. The third kappa shape index (κ3) is 3.35. The summed E-state index contributed by atoms with van der Waals surface area (Å²) in [6, 6.07) is 3.14. The van der Waals surface area contributed by atoms with Crippen LogP contribution < -0.4 is 5.73 Å². The van der Waals surface area contributed by atoms with Crippen LogP contribution in [0.25, 0.3) is 0 Å². The van der Waals surface area contributed by atoms with Crippen LogP contribution in [0.15, 0.2) is 18.2 Å². The van der Waals surface area contributed by atoms with Crippen LogP contribution in [0.4, 0.5) is 8.78 Å². The van der Waals surface area contributed by atoms with Gasteiger partial charge in [0, 0.05) is 25.6 Å². The van der Waals surface area contributed by atoms with Crippen molar-refractivity contribution < 1.29 is 8.78 Å². The molecule has 1 heterocycles. The third-order valence-electron chi connectivity index (χ3n) is 3.14. The van der Waals surface area contributed by atoms with Crippen molar-refractivity contribution in [2.24, 2.45) is 12.8 Å². The normalized spacial score (nSPS) is 12.7. The maximum atomic E-state index is 13.1. The molecule has 2 rings (SSSR count). The van der Waals surface area contributed by atoms with E-state index >= 15 is 0 Å². The summed E-state index contributed by atoms with van der Waals surface area (Å²) in [4.78, 5) is 0. The van der Waals surface area contributed by atoms with Gasteiger partial charge in [-0.05, 0) is 31.0 Å². The molecule has 1 aromatic carbocycles. The number of hydrogen-bond acceptors (Lipinski definition) is 2. The monoisotopic (exact) mass is 299 g/mol. The zero-order chi connectivity index (χ0) is 14.9. The molecular weight excluding hydrogens is 284 g/mol. The highest BCUT2D eigenvalue weighted by molar-refractivity contribution is 6.31. The van der Waals surface area contributed by atoms with Crippen molar-refractivity contribution in [2.45, 2.75) is 25.8 Å². The van der Waals surface area contributed by atoms with E-state index in [9.17, 15) is 8.78 Å². The lowest BCUT2D eigenvalue weighted by atomic mass is 10.0. The highest BCUT2D eigenvalue weighted by atomic mass is 35.5. The molecule has 1 unspecified atom stereocenters. The van der Waals surface area contributed by atoms with Gasteiger partial charge in [-0.3, -0.25) is 4.68 Å². The largest absolute Gasteiger partial charge is 0.327 e. The van der Waals surface area contributed by atoms with Gasteiger partial charge in [0.15, 0.2) is 0 Å². The number of benzene rings is 1. The Labute approximate surface area is 121 Å². The second-order valence-electron chi connectivity index (χ2n) is 4.92. The highest BCUT2D eigenvalue weighted by Crippen LogP contribution is 2.21. The lowest BCUT2D eigenvalue weighted by molar-refractivity contribution is 0.570. The molecule has 2 N–H and O–H groups in total. The van der Waals surface area contributed by atoms with E-state index < -0.39 is 11.6 Å². The number of halogens is 3. The van der Waals surface area contributed by atoms with E-state index in [1.165, 1.54) is 12.1 Å². The molecule has 0 spiro atoms. The predicted molar refractivity (Wildman–Crippen MR) is 74.7 cm³/mol. The lowest BCUT2D eigenvalue weighted by Gasteiger charge is -2.12. The molecule has 0 fully saturated rings. The summed E-state index contributed by atoms with van der Waals surface area (Å²) < 4.78 is 27.9. The highest BCUT2D eigenvalue weighted by Gasteiger charge is 2.15. The summed E-state index contributed by atoms with van der Waals surface area (Å²) in [5.74, 6) is -1.19. The third-order valence-corrected chi connectivity index (χ3v) is 3.63. The molecule has 1 atom stereocenters. The van der Waals surface area contributed by atoms with Crippen molar-refractivity contribution in [1.29, 1.82) is 0 Å². The second-order valence-corrected chi connectivity index (χ2v) is 5.29. The van der Waals surface area contributed by atoms with Crippen molar-refractivity contribution in [3.63, 3.8) is 0 Å². The second kappa shape index (κ2) is 5.89. The van der Waals surface area contributed by atoms with Gasteiger partial charge in [0.05, 0.1) is 16.4 Å². The van der Waals surface area contributed by atoms with Gasteiger partial charge in [0.2, 0.25) is 0 Å². The Kier molecular flexibility index (Phi) is 4.40. The van der Waals surface area contributed by atoms with E-state index in [-0.39, 0.29) is 6.04 Å². The minimum absolute atomic E-state index is 0.288. The molecular formula is C14H16ClF2N3. The molecule has 3 nitrogen and oxygen atoms in total. The van der Waals surface area contributed by atoms with Crippen LogP contribution in [0.2, 0.25) is 5.02 Å². The van der Waals surface area contributed by atoms with E-state index in [0.717, 1.165) is 17.5 Å². The number of rotatable bonds is 4. The maximum Gasteiger partial charge on any atom is 0.126 e. The number of hydrogen-bond donors (Lipinski definition) is 1. The van der Waals surface area contributed by atoms with Gasteiger partial charge < -0.3 is 5.73 Å². The van der Waals surface area contributed by atoms with Gasteiger partial charge in [-0.1, -0.05) is 11.6 Å². The summed E-state index contributed by atoms with van der Waals surface area (Å²) in [5.41, 5.74) is 8.14. The smallest absolute Gasteiger partial charge is 0.126 e. The average molecular weight is 300 g/mol. The van der Waals surface area contributed by atoms with Crippen LogP contribution in [-0.4, -0.2) is 15.8 Å². The van der Waals surface area contributed by atoms with Crippen LogP contribution in [0.5, 0.6) is 0 Å². The van der Waals surface area contributed by atoms with Crippen LogP contribution in [0.3, 0.4) is 0 Å². The molecule has 0 radical (unpaired) electrons. The molecule has 0 saturated carbocycles. The Bertz CT molecular complexity index is 605. The van der Waals surface area contributed by atoms with Gasteiger partial charge in [0.1, 0.15) is 11.6 Å².